The zero-order valence-electron chi connectivity index (χ0n) is 14.6. The Balaban J connectivity index is 0.00000225. The largest absolute Gasteiger partial charge is 0.338 e. The number of hydrogen-bond donors (Lipinski definition) is 1. The van der Waals surface area contributed by atoms with Crippen molar-refractivity contribution in [2.75, 3.05) is 30.2 Å². The third-order valence-electron chi connectivity index (χ3n) is 5.07. The van der Waals surface area contributed by atoms with Gasteiger partial charge in [-0.05, 0) is 55.9 Å². The molecule has 25 heavy (non-hydrogen) atoms. The normalized spacial score (nSPS) is 21.5. The molecule has 0 saturated carbocycles. The number of carbonyl (C=O) groups excluding carboxylic acids is 1. The van der Waals surface area contributed by atoms with Gasteiger partial charge in [0.1, 0.15) is 0 Å². The molecule has 1 fully saturated rings. The number of likely N-dealkylation sites (tertiary alicyclic amines) is 1. The molecule has 140 valence electrons. The molecule has 2 aliphatic heterocycles. The summed E-state index contributed by atoms with van der Waals surface area (Å²) in [5.74, 6) is 0.360. The number of anilines is 1. The van der Waals surface area contributed by atoms with Crippen LogP contribution in [0.25, 0.3) is 0 Å². The van der Waals surface area contributed by atoms with Crippen LogP contribution in [0.3, 0.4) is 0 Å². The molecule has 2 heterocycles. The highest BCUT2D eigenvalue weighted by molar-refractivity contribution is 7.92. The molecule has 2 atom stereocenters. The smallest absolute Gasteiger partial charge is 0.253 e. The van der Waals surface area contributed by atoms with Crippen molar-refractivity contribution in [3.63, 3.8) is 0 Å². The highest BCUT2D eigenvalue weighted by Crippen LogP contribution is 2.31. The van der Waals surface area contributed by atoms with E-state index in [9.17, 15) is 13.2 Å². The van der Waals surface area contributed by atoms with E-state index in [0.717, 1.165) is 24.9 Å². The minimum atomic E-state index is -3.26. The van der Waals surface area contributed by atoms with Gasteiger partial charge in [0.15, 0.2) is 0 Å². The lowest BCUT2D eigenvalue weighted by Crippen LogP contribution is -2.45. The molecule has 3 rings (SSSR count). The van der Waals surface area contributed by atoms with Crippen LogP contribution in [0.15, 0.2) is 18.2 Å². The average molecular weight is 388 g/mol. The number of piperidine rings is 1. The Hall–Kier alpha value is -1.31. The first-order chi connectivity index (χ1) is 11.3. The molecule has 1 aromatic rings. The number of carbonyl (C=O) groups is 1. The van der Waals surface area contributed by atoms with E-state index < -0.39 is 10.0 Å². The number of sulfonamides is 1. The highest BCUT2D eigenvalue weighted by Gasteiger charge is 2.29. The van der Waals surface area contributed by atoms with Crippen LogP contribution in [0.5, 0.6) is 0 Å². The maximum atomic E-state index is 12.8. The standard InChI is InChI=1S/C17H25N3O3S.ClH/c1-12(18)15-4-3-8-19(11-15)17(21)14-5-6-16-13(10-14)7-9-20(16)24(2,22)23;/h5-6,10,12,15H,3-4,7-9,11,18H2,1-2H3;1H. The fraction of sp³-hybridized carbons (Fsp3) is 0.588. The van der Waals surface area contributed by atoms with Crippen LogP contribution in [-0.4, -0.2) is 51.2 Å². The van der Waals surface area contributed by atoms with Crippen LogP contribution >= 0.6 is 12.4 Å². The van der Waals surface area contributed by atoms with Gasteiger partial charge in [0.05, 0.1) is 11.9 Å². The van der Waals surface area contributed by atoms with Crippen molar-refractivity contribution in [1.82, 2.24) is 4.90 Å². The number of fused-ring (bicyclic) bond motifs is 1. The van der Waals surface area contributed by atoms with Crippen LogP contribution in [-0.2, 0) is 16.4 Å². The summed E-state index contributed by atoms with van der Waals surface area (Å²) in [6.07, 6.45) is 3.90. The lowest BCUT2D eigenvalue weighted by atomic mass is 9.91. The Morgan fingerprint density at radius 3 is 2.68 bits per heavy atom. The van der Waals surface area contributed by atoms with Gasteiger partial charge in [-0.2, -0.15) is 0 Å². The minimum Gasteiger partial charge on any atom is -0.338 e. The van der Waals surface area contributed by atoms with E-state index in [1.807, 2.05) is 17.9 Å². The van der Waals surface area contributed by atoms with Crippen LogP contribution in [0, 0.1) is 5.92 Å². The molecule has 0 aromatic heterocycles. The third-order valence-corrected chi connectivity index (χ3v) is 6.25. The summed E-state index contributed by atoms with van der Waals surface area (Å²) in [6, 6.07) is 5.42. The van der Waals surface area contributed by atoms with E-state index in [1.54, 1.807) is 12.1 Å². The lowest BCUT2D eigenvalue weighted by molar-refractivity contribution is 0.0661. The summed E-state index contributed by atoms with van der Waals surface area (Å²) in [5.41, 5.74) is 8.25. The summed E-state index contributed by atoms with van der Waals surface area (Å²) in [5, 5.41) is 0. The molecular weight excluding hydrogens is 362 g/mol. The van der Waals surface area contributed by atoms with Gasteiger partial charge in [0, 0.05) is 31.2 Å². The summed E-state index contributed by atoms with van der Waals surface area (Å²) >= 11 is 0. The second-order valence-corrected chi connectivity index (χ2v) is 8.85. The lowest BCUT2D eigenvalue weighted by Gasteiger charge is -2.34. The first-order valence-corrected chi connectivity index (χ1v) is 10.3. The summed E-state index contributed by atoms with van der Waals surface area (Å²) in [4.78, 5) is 14.7. The molecule has 1 amide bonds. The highest BCUT2D eigenvalue weighted by atomic mass is 35.5. The molecule has 6 nitrogen and oxygen atoms in total. The number of nitrogens with two attached hydrogens (primary N) is 1. The molecule has 2 N–H and O–H groups in total. The van der Waals surface area contributed by atoms with Gasteiger partial charge in [0.2, 0.25) is 10.0 Å². The predicted molar refractivity (Wildman–Crippen MR) is 102 cm³/mol. The van der Waals surface area contributed by atoms with E-state index in [1.165, 1.54) is 10.6 Å². The monoisotopic (exact) mass is 387 g/mol. The van der Waals surface area contributed by atoms with Crippen molar-refractivity contribution >= 4 is 34.0 Å². The second-order valence-electron chi connectivity index (χ2n) is 6.94. The van der Waals surface area contributed by atoms with Crippen molar-refractivity contribution in [2.45, 2.75) is 32.2 Å². The van der Waals surface area contributed by atoms with Crippen molar-refractivity contribution < 1.29 is 13.2 Å². The van der Waals surface area contributed by atoms with Gasteiger partial charge < -0.3 is 10.6 Å². The first kappa shape index (κ1) is 20.0. The Bertz CT molecular complexity index is 752. The summed E-state index contributed by atoms with van der Waals surface area (Å²) in [7, 11) is -3.26. The number of benzene rings is 1. The molecule has 2 aliphatic rings. The van der Waals surface area contributed by atoms with Crippen molar-refractivity contribution in [3.8, 4) is 0 Å². The van der Waals surface area contributed by atoms with Gasteiger partial charge >= 0.3 is 0 Å². The molecule has 1 aromatic carbocycles. The maximum Gasteiger partial charge on any atom is 0.253 e. The van der Waals surface area contributed by atoms with Crippen molar-refractivity contribution in [1.29, 1.82) is 0 Å². The fourth-order valence-electron chi connectivity index (χ4n) is 3.66. The molecule has 1 saturated heterocycles. The van der Waals surface area contributed by atoms with Crippen LogP contribution < -0.4 is 10.0 Å². The zero-order valence-corrected chi connectivity index (χ0v) is 16.3. The minimum absolute atomic E-state index is 0. The van der Waals surface area contributed by atoms with Gasteiger partial charge in [-0.3, -0.25) is 9.10 Å². The molecule has 0 radical (unpaired) electrons. The van der Waals surface area contributed by atoms with E-state index in [0.29, 0.717) is 36.7 Å². The van der Waals surface area contributed by atoms with E-state index >= 15 is 0 Å². The Morgan fingerprint density at radius 2 is 2.04 bits per heavy atom. The number of nitrogens with zero attached hydrogens (tertiary/aromatic N) is 2. The van der Waals surface area contributed by atoms with Gasteiger partial charge in [0.25, 0.3) is 5.91 Å². The van der Waals surface area contributed by atoms with Gasteiger partial charge in [-0.25, -0.2) is 8.42 Å². The van der Waals surface area contributed by atoms with Crippen molar-refractivity contribution in [3.05, 3.63) is 29.3 Å². The zero-order chi connectivity index (χ0) is 17.5. The molecule has 0 bridgehead atoms. The first-order valence-electron chi connectivity index (χ1n) is 8.43. The van der Waals surface area contributed by atoms with Crippen molar-refractivity contribution in [2.24, 2.45) is 11.7 Å². The van der Waals surface area contributed by atoms with Crippen LogP contribution in [0.1, 0.15) is 35.7 Å². The van der Waals surface area contributed by atoms with Crippen LogP contribution in [0.2, 0.25) is 0 Å². The quantitative estimate of drug-likeness (QED) is 0.854. The molecule has 0 spiro atoms. The maximum absolute atomic E-state index is 12.8. The van der Waals surface area contributed by atoms with Gasteiger partial charge in [-0.1, -0.05) is 0 Å². The fourth-order valence-corrected chi connectivity index (χ4v) is 4.61. The van der Waals surface area contributed by atoms with E-state index in [2.05, 4.69) is 0 Å². The Labute approximate surface area is 155 Å². The number of rotatable bonds is 3. The predicted octanol–water partition coefficient (Wildman–Crippen LogP) is 1.63. The Kier molecular flexibility index (Phi) is 6.01. The average Bonchev–Trinajstić information content (AvgIpc) is 2.97. The molecule has 8 heteroatoms. The molecular formula is C17H26ClN3O3S. The topological polar surface area (TPSA) is 83.7 Å². The van der Waals surface area contributed by atoms with E-state index in [-0.39, 0.29) is 24.4 Å². The number of halogens is 1. The molecule has 0 aliphatic carbocycles. The number of amides is 1. The molecule has 2 unspecified atom stereocenters. The Morgan fingerprint density at radius 1 is 1.32 bits per heavy atom. The SMILES string of the molecule is CC(N)C1CCCN(C(=O)c2ccc3c(c2)CCN3S(C)(=O)=O)C1.Cl. The third kappa shape index (κ3) is 4.10. The summed E-state index contributed by atoms with van der Waals surface area (Å²) < 4.78 is 25.0. The number of hydrogen-bond acceptors (Lipinski definition) is 4. The van der Waals surface area contributed by atoms with E-state index in [4.69, 9.17) is 5.73 Å². The second kappa shape index (κ2) is 7.51. The summed E-state index contributed by atoms with van der Waals surface area (Å²) in [6.45, 7) is 3.90. The van der Waals surface area contributed by atoms with Gasteiger partial charge in [-0.15, -0.1) is 12.4 Å². The van der Waals surface area contributed by atoms with Crippen LogP contribution in [0.4, 0.5) is 5.69 Å².